The van der Waals surface area contributed by atoms with Crippen LogP contribution < -0.4 is 5.63 Å². The highest BCUT2D eigenvalue weighted by Gasteiger charge is 2.43. The lowest BCUT2D eigenvalue weighted by Gasteiger charge is -2.17. The molecular weight excluding hydrogens is 348 g/mol. The first-order valence-electron chi connectivity index (χ1n) is 8.60. The molecule has 2 aromatic rings. The summed E-state index contributed by atoms with van der Waals surface area (Å²) in [5.74, 6) is -1.57. The number of rotatable bonds is 5. The maximum atomic E-state index is 12.4. The molecule has 4 amide bonds. The molecule has 0 spiro atoms. The van der Waals surface area contributed by atoms with Gasteiger partial charge in [-0.3, -0.25) is 19.4 Å². The number of carbonyl (C=O) groups excluding carboxylic acids is 3. The fourth-order valence-corrected chi connectivity index (χ4v) is 3.29. The summed E-state index contributed by atoms with van der Waals surface area (Å²) in [6.07, 6.45) is 1.37. The minimum Gasteiger partial charge on any atom is -0.423 e. The maximum Gasteiger partial charge on any atom is 0.336 e. The normalized spacial score (nSPS) is 14.7. The van der Waals surface area contributed by atoms with E-state index in [2.05, 4.69) is 6.58 Å². The molecule has 1 aromatic heterocycles. The number of benzene rings is 1. The lowest BCUT2D eigenvalue weighted by atomic mass is 9.95. The van der Waals surface area contributed by atoms with E-state index in [0.29, 0.717) is 16.5 Å². The average Bonchev–Trinajstić information content (AvgIpc) is 2.79. The predicted octanol–water partition coefficient (Wildman–Crippen LogP) is 2.70. The smallest absolute Gasteiger partial charge is 0.336 e. The second kappa shape index (κ2) is 6.83. The summed E-state index contributed by atoms with van der Waals surface area (Å²) in [6.45, 7) is 9.28. The molecule has 0 N–H and O–H groups in total. The number of nitrogens with zero attached hydrogens (tertiary/aromatic N) is 2. The number of aryl methyl sites for hydroxylation is 1. The molecule has 0 saturated carbocycles. The predicted molar refractivity (Wildman–Crippen MR) is 99.2 cm³/mol. The van der Waals surface area contributed by atoms with Gasteiger partial charge >= 0.3 is 23.5 Å². The highest BCUT2D eigenvalue weighted by molar-refractivity contribution is 6.44. The summed E-state index contributed by atoms with van der Waals surface area (Å²) in [5.41, 5.74) is 2.31. The second-order valence-electron chi connectivity index (χ2n) is 6.83. The number of hydrogen-bond donors (Lipinski definition) is 0. The number of carbonyl (C=O) groups is 3. The molecule has 1 aliphatic rings. The molecule has 1 aromatic carbocycles. The van der Waals surface area contributed by atoms with Gasteiger partial charge < -0.3 is 4.42 Å². The third-order valence-corrected chi connectivity index (χ3v) is 4.61. The van der Waals surface area contributed by atoms with Crippen LogP contribution in [-0.2, 0) is 16.1 Å². The van der Waals surface area contributed by atoms with Crippen LogP contribution in [0.15, 0.2) is 40.1 Å². The van der Waals surface area contributed by atoms with Crippen molar-refractivity contribution < 1.29 is 18.8 Å². The van der Waals surface area contributed by atoms with E-state index in [1.165, 1.54) is 12.1 Å². The van der Waals surface area contributed by atoms with Gasteiger partial charge in [0.2, 0.25) is 0 Å². The molecule has 0 aliphatic carbocycles. The van der Waals surface area contributed by atoms with E-state index < -0.39 is 23.5 Å². The summed E-state index contributed by atoms with van der Waals surface area (Å²) in [7, 11) is 0. The van der Waals surface area contributed by atoms with Gasteiger partial charge in [0.25, 0.3) is 0 Å². The first kappa shape index (κ1) is 18.6. The van der Waals surface area contributed by atoms with Crippen molar-refractivity contribution in [3.05, 3.63) is 58.0 Å². The summed E-state index contributed by atoms with van der Waals surface area (Å²) in [4.78, 5) is 50.3. The van der Waals surface area contributed by atoms with E-state index in [1.807, 2.05) is 26.8 Å². The van der Waals surface area contributed by atoms with Gasteiger partial charge in [-0.05, 0) is 41.7 Å². The molecule has 140 valence electrons. The Morgan fingerprint density at radius 2 is 1.74 bits per heavy atom. The van der Waals surface area contributed by atoms with Gasteiger partial charge in [0, 0.05) is 18.0 Å². The Bertz CT molecular complexity index is 1030. The molecular formula is C20H20N2O5. The van der Waals surface area contributed by atoms with Gasteiger partial charge in [-0.15, -0.1) is 6.58 Å². The van der Waals surface area contributed by atoms with E-state index >= 15 is 0 Å². The van der Waals surface area contributed by atoms with Crippen LogP contribution in [0.3, 0.4) is 0 Å². The SMILES string of the molecule is C=CCN1C(=O)C(=O)N(Cc2cc(=O)oc3cc(C)c(C(C)C)cc23)C1=O. The lowest BCUT2D eigenvalue weighted by Crippen LogP contribution is -2.33. The monoisotopic (exact) mass is 368 g/mol. The summed E-state index contributed by atoms with van der Waals surface area (Å²) < 4.78 is 5.28. The molecule has 0 unspecified atom stereocenters. The molecule has 1 aliphatic heterocycles. The van der Waals surface area contributed by atoms with Crippen molar-refractivity contribution in [3.63, 3.8) is 0 Å². The molecule has 7 heteroatoms. The number of imide groups is 2. The van der Waals surface area contributed by atoms with Crippen LogP contribution in [0, 0.1) is 6.92 Å². The molecule has 0 bridgehead atoms. The van der Waals surface area contributed by atoms with E-state index in [-0.39, 0.29) is 19.0 Å². The van der Waals surface area contributed by atoms with Gasteiger partial charge in [-0.2, -0.15) is 0 Å². The van der Waals surface area contributed by atoms with Crippen LogP contribution in [0.5, 0.6) is 0 Å². The molecule has 0 atom stereocenters. The molecule has 1 fully saturated rings. The van der Waals surface area contributed by atoms with E-state index in [0.717, 1.165) is 20.9 Å². The highest BCUT2D eigenvalue weighted by Crippen LogP contribution is 2.28. The highest BCUT2D eigenvalue weighted by atomic mass is 16.4. The number of hydrogen-bond acceptors (Lipinski definition) is 5. The van der Waals surface area contributed by atoms with Crippen LogP contribution in [0.2, 0.25) is 0 Å². The first-order valence-corrected chi connectivity index (χ1v) is 8.60. The van der Waals surface area contributed by atoms with Gasteiger partial charge in [-0.1, -0.05) is 19.9 Å². The Morgan fingerprint density at radius 3 is 2.37 bits per heavy atom. The van der Waals surface area contributed by atoms with Crippen molar-refractivity contribution in [2.75, 3.05) is 6.54 Å². The van der Waals surface area contributed by atoms with Crippen molar-refractivity contribution in [2.24, 2.45) is 0 Å². The van der Waals surface area contributed by atoms with Gasteiger partial charge in [-0.25, -0.2) is 9.59 Å². The zero-order valence-corrected chi connectivity index (χ0v) is 15.4. The second-order valence-corrected chi connectivity index (χ2v) is 6.83. The van der Waals surface area contributed by atoms with Crippen LogP contribution in [-0.4, -0.2) is 34.2 Å². The van der Waals surface area contributed by atoms with Crippen molar-refractivity contribution in [2.45, 2.75) is 33.2 Å². The van der Waals surface area contributed by atoms with E-state index in [4.69, 9.17) is 4.42 Å². The van der Waals surface area contributed by atoms with Crippen molar-refractivity contribution >= 4 is 28.8 Å². The molecule has 7 nitrogen and oxygen atoms in total. The quantitative estimate of drug-likeness (QED) is 0.350. The van der Waals surface area contributed by atoms with Crippen LogP contribution in [0.1, 0.15) is 36.5 Å². The maximum absolute atomic E-state index is 12.4. The van der Waals surface area contributed by atoms with E-state index in [9.17, 15) is 19.2 Å². The minimum absolute atomic E-state index is 0.0473. The summed E-state index contributed by atoms with van der Waals surface area (Å²) >= 11 is 0. The van der Waals surface area contributed by atoms with Gasteiger partial charge in [0.1, 0.15) is 5.58 Å². The third-order valence-electron chi connectivity index (χ3n) is 4.61. The minimum atomic E-state index is -0.917. The molecule has 1 saturated heterocycles. The third kappa shape index (κ3) is 3.16. The Labute approximate surface area is 155 Å². The Morgan fingerprint density at radius 1 is 1.07 bits per heavy atom. The molecule has 0 radical (unpaired) electrons. The Balaban J connectivity index is 2.09. The molecule has 2 heterocycles. The lowest BCUT2D eigenvalue weighted by molar-refractivity contribution is -0.143. The molecule has 27 heavy (non-hydrogen) atoms. The average molecular weight is 368 g/mol. The van der Waals surface area contributed by atoms with Crippen LogP contribution in [0.4, 0.5) is 4.79 Å². The summed E-state index contributed by atoms with van der Waals surface area (Å²) in [5, 5.41) is 0.638. The zero-order chi connectivity index (χ0) is 19.9. The zero-order valence-electron chi connectivity index (χ0n) is 15.4. The number of urea groups is 1. The number of fused-ring (bicyclic) bond motifs is 1. The topological polar surface area (TPSA) is 87.9 Å². The van der Waals surface area contributed by atoms with E-state index in [1.54, 1.807) is 6.07 Å². The Kier molecular flexibility index (Phi) is 4.70. The number of amides is 4. The molecule has 3 rings (SSSR count). The standard InChI is InChI=1S/C20H20N2O5/c1-5-6-21-18(24)19(25)22(20(21)26)10-13-8-17(23)27-16-7-12(4)14(11(2)3)9-15(13)16/h5,7-9,11H,1,6,10H2,2-4H3. The van der Waals surface area contributed by atoms with Crippen LogP contribution >= 0.6 is 0 Å². The van der Waals surface area contributed by atoms with Gasteiger partial charge in [0.05, 0.1) is 6.54 Å². The van der Waals surface area contributed by atoms with Crippen LogP contribution in [0.25, 0.3) is 11.0 Å². The Hall–Kier alpha value is -3.22. The fraction of sp³-hybridized carbons (Fsp3) is 0.300. The van der Waals surface area contributed by atoms with Gasteiger partial charge in [0.15, 0.2) is 0 Å². The fourth-order valence-electron chi connectivity index (χ4n) is 3.29. The van der Waals surface area contributed by atoms with Crippen molar-refractivity contribution in [3.8, 4) is 0 Å². The first-order chi connectivity index (χ1) is 12.7. The van der Waals surface area contributed by atoms with Crippen molar-refractivity contribution in [1.82, 2.24) is 9.80 Å². The largest absolute Gasteiger partial charge is 0.423 e. The van der Waals surface area contributed by atoms with Crippen molar-refractivity contribution in [1.29, 1.82) is 0 Å². The summed E-state index contributed by atoms with van der Waals surface area (Å²) in [6, 6.07) is 4.21.